The van der Waals surface area contributed by atoms with Gasteiger partial charge in [-0.15, -0.1) is 0 Å². The Balaban J connectivity index is 0.00000152. The number of hydrogen-bond donors (Lipinski definition) is 12. The maximum absolute atomic E-state index is 14.0. The van der Waals surface area contributed by atoms with Gasteiger partial charge in [-0.1, -0.05) is 54.6 Å². The topological polar surface area (TPSA) is 353 Å². The number of carbonyl (C=O) groups is 8. The second-order valence-electron chi connectivity index (χ2n) is 15.0. The minimum absolute atomic E-state index is 0.00331. The average Bonchev–Trinajstić information content (AvgIpc) is 3.66. The van der Waals surface area contributed by atoms with Crippen molar-refractivity contribution in [2.24, 2.45) is 11.5 Å². The molecule has 7 atom stereocenters. The molecule has 1 aliphatic rings. The number of nitrogens with two attached hydrogens (primary N) is 2. The maximum Gasteiger partial charge on any atom is 0.490 e. The summed E-state index contributed by atoms with van der Waals surface area (Å²) in [5.41, 5.74) is 13.1. The van der Waals surface area contributed by atoms with Gasteiger partial charge in [-0.2, -0.15) is 13.2 Å². The van der Waals surface area contributed by atoms with E-state index >= 15 is 0 Å². The standard InChI is InChI=1S/C40H50N8O11.C2HF3O2/c1-22(44-37(56)29(41)15-24-7-11-26(50)12-8-24)36(55)46-30(16-23-5-3-2-4-6-23)38(57)43-19-34(53)45-31(17-25-9-13-27(51)14-10-25)40(59)48-20-28(52)18-33(48)39(58)47-32(21-49)35(42)54;3-2(4,5)1(6)7/h2-14,22,28-33,49-52H,15-21,41H2,1H3,(H2,42,54)(H,43,57)(H,44,56)(H,45,53)(H,46,55)(H,47,58);(H,6,7)/t22-,28-,29+,30+,31+,32+,33+;/m1./s1. The highest BCUT2D eigenvalue weighted by molar-refractivity contribution is 5.96. The zero-order chi connectivity index (χ0) is 49.3. The van der Waals surface area contributed by atoms with Gasteiger partial charge in [0.05, 0.1) is 25.3 Å². The van der Waals surface area contributed by atoms with E-state index in [1.165, 1.54) is 43.3 Å². The summed E-state index contributed by atoms with van der Waals surface area (Å²) in [4.78, 5) is 102. The number of carboxylic acids is 1. The molecular formula is C42H51F3N8O13. The number of likely N-dealkylation sites (tertiary alicyclic amines) is 1. The van der Waals surface area contributed by atoms with E-state index in [9.17, 15) is 67.2 Å². The SMILES string of the molecule is C[C@@H](NC(=O)[C@@H](N)Cc1ccc(O)cc1)C(=O)N[C@@H](Cc1ccccc1)C(=O)NCC(=O)N[C@@H](Cc1ccc(O)cc1)C(=O)N1C[C@H](O)C[C@H]1C(=O)N[C@@H](CO)C(N)=O.O=C(O)C(F)(F)F. The summed E-state index contributed by atoms with van der Waals surface area (Å²) < 4.78 is 31.7. The largest absolute Gasteiger partial charge is 0.508 e. The van der Waals surface area contributed by atoms with Gasteiger partial charge in [0.2, 0.25) is 41.4 Å². The van der Waals surface area contributed by atoms with E-state index in [0.29, 0.717) is 16.7 Å². The third-order valence-corrected chi connectivity index (χ3v) is 9.78. The molecule has 0 radical (unpaired) electrons. The van der Waals surface area contributed by atoms with E-state index in [2.05, 4.69) is 26.6 Å². The highest BCUT2D eigenvalue weighted by Crippen LogP contribution is 2.21. The molecule has 66 heavy (non-hydrogen) atoms. The Morgan fingerprint density at radius 1 is 0.727 bits per heavy atom. The number of aliphatic hydroxyl groups is 2. The van der Waals surface area contributed by atoms with E-state index in [4.69, 9.17) is 21.4 Å². The molecule has 0 spiro atoms. The predicted molar refractivity (Wildman–Crippen MR) is 224 cm³/mol. The first-order valence-corrected chi connectivity index (χ1v) is 20.0. The molecule has 0 aromatic heterocycles. The fourth-order valence-electron chi connectivity index (χ4n) is 6.30. The number of hydrogen-bond acceptors (Lipinski definition) is 13. The average molecular weight is 933 g/mol. The number of benzene rings is 3. The summed E-state index contributed by atoms with van der Waals surface area (Å²) in [6.07, 6.45) is -6.46. The molecule has 0 unspecified atom stereocenters. The van der Waals surface area contributed by atoms with Crippen LogP contribution in [0.3, 0.4) is 0 Å². The summed E-state index contributed by atoms with van der Waals surface area (Å²) in [5.74, 6) is -8.40. The Hall–Kier alpha value is -7.31. The van der Waals surface area contributed by atoms with E-state index in [1.54, 1.807) is 42.5 Å². The molecule has 1 aliphatic heterocycles. The molecule has 0 bridgehead atoms. The molecule has 7 amide bonds. The van der Waals surface area contributed by atoms with Crippen LogP contribution in [0.5, 0.6) is 11.5 Å². The number of carbonyl (C=O) groups excluding carboxylic acids is 7. The lowest BCUT2D eigenvalue weighted by Gasteiger charge is -2.29. The molecule has 14 N–H and O–H groups in total. The minimum Gasteiger partial charge on any atom is -0.508 e. The van der Waals surface area contributed by atoms with Gasteiger partial charge >= 0.3 is 12.1 Å². The molecule has 24 heteroatoms. The predicted octanol–water partition coefficient (Wildman–Crippen LogP) is -2.40. The van der Waals surface area contributed by atoms with Crippen LogP contribution < -0.4 is 38.1 Å². The molecule has 21 nitrogen and oxygen atoms in total. The summed E-state index contributed by atoms with van der Waals surface area (Å²) >= 11 is 0. The number of amides is 7. The van der Waals surface area contributed by atoms with Gasteiger partial charge in [-0.25, -0.2) is 4.79 Å². The number of β-amino-alcohol motifs (C(OH)–C–C–N with tert-alkyl or cyclic N) is 1. The summed E-state index contributed by atoms with van der Waals surface area (Å²) in [5, 5.41) is 58.7. The molecule has 3 aromatic carbocycles. The second kappa shape index (κ2) is 24.7. The number of nitrogens with one attached hydrogen (secondary N) is 5. The van der Waals surface area contributed by atoms with Crippen LogP contribution in [0.2, 0.25) is 0 Å². The van der Waals surface area contributed by atoms with Gasteiger partial charge < -0.3 is 68.5 Å². The molecule has 4 rings (SSSR count). The van der Waals surface area contributed by atoms with E-state index in [1.807, 2.05) is 0 Å². The number of nitrogens with zero attached hydrogens (tertiary/aromatic N) is 1. The number of phenols is 2. The van der Waals surface area contributed by atoms with Crippen LogP contribution in [0.15, 0.2) is 78.9 Å². The lowest BCUT2D eigenvalue weighted by molar-refractivity contribution is -0.192. The summed E-state index contributed by atoms with van der Waals surface area (Å²) in [6.45, 7) is -0.368. The number of rotatable bonds is 19. The van der Waals surface area contributed by atoms with Crippen LogP contribution in [0.25, 0.3) is 0 Å². The van der Waals surface area contributed by atoms with Crippen LogP contribution in [-0.4, -0.2) is 146 Å². The number of alkyl halides is 3. The number of carboxylic acid groups (broad SMARTS) is 1. The Kier molecular flexibility index (Phi) is 19.8. The van der Waals surface area contributed by atoms with Crippen molar-refractivity contribution in [3.8, 4) is 11.5 Å². The van der Waals surface area contributed by atoms with Crippen molar-refractivity contribution in [2.75, 3.05) is 19.7 Å². The van der Waals surface area contributed by atoms with Crippen molar-refractivity contribution in [1.82, 2.24) is 31.5 Å². The van der Waals surface area contributed by atoms with Gasteiger partial charge in [0.15, 0.2) is 0 Å². The fraction of sp³-hybridized carbons (Fsp3) is 0.381. The van der Waals surface area contributed by atoms with Crippen molar-refractivity contribution >= 4 is 47.3 Å². The normalized spacial score (nSPS) is 16.7. The van der Waals surface area contributed by atoms with E-state index in [0.717, 1.165) is 4.90 Å². The Morgan fingerprint density at radius 2 is 1.24 bits per heavy atom. The third kappa shape index (κ3) is 17.0. The Morgan fingerprint density at radius 3 is 1.76 bits per heavy atom. The number of phenolic OH excluding ortho intramolecular Hbond substituents is 2. The van der Waals surface area contributed by atoms with Crippen molar-refractivity contribution in [3.05, 3.63) is 95.6 Å². The van der Waals surface area contributed by atoms with E-state index < -0.39 is 109 Å². The van der Waals surface area contributed by atoms with Gasteiger partial charge in [0.25, 0.3) is 0 Å². The van der Waals surface area contributed by atoms with Crippen LogP contribution in [0.1, 0.15) is 30.0 Å². The first-order valence-electron chi connectivity index (χ1n) is 20.0. The molecular weight excluding hydrogens is 881 g/mol. The van der Waals surface area contributed by atoms with Crippen molar-refractivity contribution in [1.29, 1.82) is 0 Å². The number of halogens is 3. The monoisotopic (exact) mass is 932 g/mol. The molecule has 0 saturated carbocycles. The van der Waals surface area contributed by atoms with Crippen LogP contribution in [-0.2, 0) is 57.6 Å². The lowest BCUT2D eigenvalue weighted by Crippen LogP contribution is -2.58. The quantitative estimate of drug-likeness (QED) is 0.0597. The number of aromatic hydroxyl groups is 2. The van der Waals surface area contributed by atoms with Crippen LogP contribution in [0, 0.1) is 0 Å². The molecule has 1 fully saturated rings. The highest BCUT2D eigenvalue weighted by Gasteiger charge is 2.42. The zero-order valence-electron chi connectivity index (χ0n) is 35.2. The van der Waals surface area contributed by atoms with Crippen LogP contribution >= 0.6 is 0 Å². The summed E-state index contributed by atoms with van der Waals surface area (Å²) in [7, 11) is 0. The van der Waals surface area contributed by atoms with Crippen molar-refractivity contribution in [3.63, 3.8) is 0 Å². The Bertz CT molecular complexity index is 2170. The number of aliphatic hydroxyl groups excluding tert-OH is 2. The van der Waals surface area contributed by atoms with Crippen LogP contribution in [0.4, 0.5) is 13.2 Å². The smallest absolute Gasteiger partial charge is 0.490 e. The fourth-order valence-corrected chi connectivity index (χ4v) is 6.30. The van der Waals surface area contributed by atoms with Gasteiger partial charge in [0, 0.05) is 25.8 Å². The Labute approximate surface area is 374 Å². The van der Waals surface area contributed by atoms with Crippen molar-refractivity contribution < 1.29 is 77.1 Å². The molecule has 1 heterocycles. The number of primary amides is 1. The minimum atomic E-state index is -5.08. The second-order valence-corrected chi connectivity index (χ2v) is 15.0. The van der Waals surface area contributed by atoms with Gasteiger partial charge in [-0.05, 0) is 54.3 Å². The van der Waals surface area contributed by atoms with E-state index in [-0.39, 0.29) is 43.7 Å². The van der Waals surface area contributed by atoms with Gasteiger partial charge in [0.1, 0.15) is 41.7 Å². The third-order valence-electron chi connectivity index (χ3n) is 9.78. The summed E-state index contributed by atoms with van der Waals surface area (Å²) in [6, 6.07) is 13.1. The number of aliphatic carboxylic acids is 1. The molecule has 0 aliphatic carbocycles. The molecule has 358 valence electrons. The maximum atomic E-state index is 14.0. The zero-order valence-corrected chi connectivity index (χ0v) is 35.2. The van der Waals surface area contributed by atoms with Gasteiger partial charge in [-0.3, -0.25) is 33.6 Å². The first kappa shape index (κ1) is 53.0. The first-order chi connectivity index (χ1) is 31.0. The molecule has 1 saturated heterocycles. The molecule has 3 aromatic rings. The lowest BCUT2D eigenvalue weighted by atomic mass is 10.0. The highest BCUT2D eigenvalue weighted by atomic mass is 19.4. The van der Waals surface area contributed by atoms with Crippen molar-refractivity contribution in [2.45, 2.75) is 81.1 Å².